The number of aromatic nitrogens is 1. The summed E-state index contributed by atoms with van der Waals surface area (Å²) in [5.74, 6) is -0.465. The molecule has 1 aromatic heterocycles. The van der Waals surface area contributed by atoms with Crippen LogP contribution in [-0.4, -0.2) is 18.2 Å². The number of methoxy groups -OCH3 is 1. The van der Waals surface area contributed by atoms with E-state index in [2.05, 4.69) is 10.3 Å². The maximum atomic E-state index is 14.5. The van der Waals surface area contributed by atoms with Gasteiger partial charge in [-0.2, -0.15) is 0 Å². The Balaban J connectivity index is 1.69. The van der Waals surface area contributed by atoms with Gasteiger partial charge in [-0.25, -0.2) is 14.3 Å². The summed E-state index contributed by atoms with van der Waals surface area (Å²) in [6.07, 6.45) is -0.818. The van der Waals surface area contributed by atoms with Gasteiger partial charge in [-0.1, -0.05) is 72.8 Å². The molecule has 1 unspecified atom stereocenters. The number of amides is 1. The molecule has 0 radical (unpaired) electrons. The molecule has 0 saturated heterocycles. The van der Waals surface area contributed by atoms with E-state index in [4.69, 9.17) is 18.5 Å². The average Bonchev–Trinajstić information content (AvgIpc) is 2.92. The zero-order valence-corrected chi connectivity index (χ0v) is 20.4. The van der Waals surface area contributed by atoms with Crippen LogP contribution in [0.25, 0.3) is 0 Å². The monoisotopic (exact) mass is 504 g/mol. The normalized spacial score (nSPS) is 11.7. The first-order valence-electron chi connectivity index (χ1n) is 11.1. The van der Waals surface area contributed by atoms with E-state index in [1.807, 2.05) is 30.3 Å². The van der Waals surface area contributed by atoms with Gasteiger partial charge in [0, 0.05) is 6.07 Å². The summed E-state index contributed by atoms with van der Waals surface area (Å²) in [7, 11) is -2.74. The molecule has 1 heterocycles. The highest BCUT2D eigenvalue weighted by Gasteiger charge is 2.43. The van der Waals surface area contributed by atoms with Crippen molar-refractivity contribution in [1.29, 1.82) is 0 Å². The quantitative estimate of drug-likeness (QED) is 0.251. The number of nitrogens with zero attached hydrogens (tertiary/aromatic N) is 1. The van der Waals surface area contributed by atoms with Crippen molar-refractivity contribution in [2.45, 2.75) is 12.4 Å². The summed E-state index contributed by atoms with van der Waals surface area (Å²) < 4.78 is 37.0. The van der Waals surface area contributed by atoms with Crippen molar-refractivity contribution in [1.82, 2.24) is 10.3 Å². The predicted octanol–water partition coefficient (Wildman–Crippen LogP) is 6.37. The minimum atomic E-state index is -4.21. The molecule has 184 valence electrons. The van der Waals surface area contributed by atoms with Gasteiger partial charge in [-0.05, 0) is 35.9 Å². The van der Waals surface area contributed by atoms with Gasteiger partial charge in [-0.15, -0.1) is 0 Å². The zero-order chi connectivity index (χ0) is 25.2. The van der Waals surface area contributed by atoms with Crippen LogP contribution in [0.2, 0.25) is 0 Å². The van der Waals surface area contributed by atoms with Gasteiger partial charge in [-0.3, -0.25) is 5.32 Å². The fourth-order valence-corrected chi connectivity index (χ4v) is 5.08. The number of benzene rings is 3. The molecular weight excluding hydrogens is 479 g/mol. The Morgan fingerprint density at radius 3 is 1.92 bits per heavy atom. The molecular formula is C27H25N2O6P. The van der Waals surface area contributed by atoms with E-state index in [-0.39, 0.29) is 18.2 Å². The lowest BCUT2D eigenvalue weighted by Gasteiger charge is -2.27. The number of alkyl carbamates (subject to hydrolysis) is 1. The molecule has 0 aliphatic heterocycles. The molecule has 0 spiro atoms. The molecule has 0 aliphatic carbocycles. The van der Waals surface area contributed by atoms with E-state index in [9.17, 15) is 9.36 Å². The average molecular weight is 504 g/mol. The SMILES string of the molecule is COc1cccc(C(NC(=O)OCc2ccccc2)P(=O)(Oc2ccccc2)Oc2ccccc2)n1. The van der Waals surface area contributed by atoms with Crippen molar-refractivity contribution < 1.29 is 27.9 Å². The highest BCUT2D eigenvalue weighted by Crippen LogP contribution is 2.58. The van der Waals surface area contributed by atoms with E-state index in [0.717, 1.165) is 5.56 Å². The second-order valence-electron chi connectivity index (χ2n) is 7.56. The smallest absolute Gasteiger partial charge is 0.459 e. The number of pyridine rings is 1. The standard InChI is InChI=1S/C27H25N2O6P/c1-32-25-19-11-18-24(28-25)26(29-27(30)33-20-21-12-5-2-6-13-21)36(31,34-22-14-7-3-8-15-22)35-23-16-9-4-10-17-23/h2-19,26H,20H2,1H3,(H,29,30). The van der Waals surface area contributed by atoms with Gasteiger partial charge in [0.1, 0.15) is 18.1 Å². The minimum absolute atomic E-state index is 0.0221. The lowest BCUT2D eigenvalue weighted by molar-refractivity contribution is 0.137. The summed E-state index contributed by atoms with van der Waals surface area (Å²) in [6.45, 7) is 0.0221. The molecule has 8 nitrogen and oxygen atoms in total. The van der Waals surface area contributed by atoms with Crippen molar-refractivity contribution in [2.24, 2.45) is 0 Å². The lowest BCUT2D eigenvalue weighted by Crippen LogP contribution is -2.32. The van der Waals surface area contributed by atoms with E-state index in [0.29, 0.717) is 11.5 Å². The Bertz CT molecular complexity index is 1260. The first-order valence-corrected chi connectivity index (χ1v) is 12.7. The van der Waals surface area contributed by atoms with Crippen LogP contribution in [0.5, 0.6) is 17.4 Å². The topological polar surface area (TPSA) is 96.0 Å². The Labute approximate surface area is 209 Å². The predicted molar refractivity (Wildman–Crippen MR) is 135 cm³/mol. The fraction of sp³-hybridized carbons (Fsp3) is 0.111. The van der Waals surface area contributed by atoms with E-state index < -0.39 is 19.5 Å². The number of para-hydroxylation sites is 2. The first-order chi connectivity index (χ1) is 17.6. The van der Waals surface area contributed by atoms with E-state index in [1.165, 1.54) is 7.11 Å². The maximum absolute atomic E-state index is 14.5. The third-order valence-corrected chi connectivity index (χ3v) is 6.93. The number of rotatable bonds is 10. The van der Waals surface area contributed by atoms with E-state index >= 15 is 0 Å². The molecule has 36 heavy (non-hydrogen) atoms. The van der Waals surface area contributed by atoms with Crippen LogP contribution in [0.15, 0.2) is 109 Å². The minimum Gasteiger partial charge on any atom is -0.481 e. The van der Waals surface area contributed by atoms with Crippen LogP contribution in [-0.2, 0) is 15.9 Å². The van der Waals surface area contributed by atoms with Gasteiger partial charge in [0.2, 0.25) is 5.88 Å². The molecule has 3 aromatic carbocycles. The molecule has 0 bridgehead atoms. The zero-order valence-electron chi connectivity index (χ0n) is 19.5. The van der Waals surface area contributed by atoms with Gasteiger partial charge < -0.3 is 18.5 Å². The number of carbonyl (C=O) groups is 1. The Morgan fingerprint density at radius 1 is 0.806 bits per heavy atom. The Morgan fingerprint density at radius 2 is 1.36 bits per heavy atom. The van der Waals surface area contributed by atoms with Crippen molar-refractivity contribution in [3.05, 3.63) is 120 Å². The summed E-state index contributed by atoms with van der Waals surface area (Å²) in [6, 6.07) is 31.2. The lowest BCUT2D eigenvalue weighted by atomic mass is 10.2. The fourth-order valence-electron chi connectivity index (χ4n) is 3.27. The first kappa shape index (κ1) is 24.8. The molecule has 1 atom stereocenters. The molecule has 1 N–H and O–H groups in total. The van der Waals surface area contributed by atoms with Gasteiger partial charge in [0.25, 0.3) is 0 Å². The summed E-state index contributed by atoms with van der Waals surface area (Å²) in [5, 5.41) is 2.64. The molecule has 4 aromatic rings. The van der Waals surface area contributed by atoms with Crippen LogP contribution >= 0.6 is 7.60 Å². The Kier molecular flexibility index (Phi) is 8.21. The molecule has 4 rings (SSSR count). The molecule has 0 aliphatic rings. The van der Waals surface area contributed by atoms with Crippen LogP contribution in [0.3, 0.4) is 0 Å². The number of hydrogen-bond acceptors (Lipinski definition) is 7. The third kappa shape index (κ3) is 6.64. The highest BCUT2D eigenvalue weighted by atomic mass is 31.2. The molecule has 1 amide bonds. The van der Waals surface area contributed by atoms with Gasteiger partial charge in [0.05, 0.1) is 12.8 Å². The highest BCUT2D eigenvalue weighted by molar-refractivity contribution is 7.55. The summed E-state index contributed by atoms with van der Waals surface area (Å²) >= 11 is 0. The Hall–Kier alpha value is -4.29. The van der Waals surface area contributed by atoms with Gasteiger partial charge >= 0.3 is 13.7 Å². The van der Waals surface area contributed by atoms with Crippen LogP contribution in [0, 0.1) is 0 Å². The summed E-state index contributed by atoms with van der Waals surface area (Å²) in [5.41, 5.74) is 1.01. The van der Waals surface area contributed by atoms with E-state index in [1.54, 1.807) is 78.9 Å². The van der Waals surface area contributed by atoms with Crippen molar-refractivity contribution in [3.8, 4) is 17.4 Å². The number of ether oxygens (including phenoxy) is 2. The number of nitrogens with one attached hydrogen (secondary N) is 1. The molecule has 9 heteroatoms. The number of carbonyl (C=O) groups excluding carboxylic acids is 1. The molecule has 0 fully saturated rings. The van der Waals surface area contributed by atoms with Crippen LogP contribution < -0.4 is 19.1 Å². The van der Waals surface area contributed by atoms with Crippen LogP contribution in [0.1, 0.15) is 17.0 Å². The van der Waals surface area contributed by atoms with Crippen molar-refractivity contribution >= 4 is 13.7 Å². The number of hydrogen-bond donors (Lipinski definition) is 1. The second-order valence-corrected chi connectivity index (χ2v) is 9.52. The summed E-state index contributed by atoms with van der Waals surface area (Å²) in [4.78, 5) is 17.3. The molecule has 0 saturated carbocycles. The third-order valence-electron chi connectivity index (χ3n) is 4.97. The van der Waals surface area contributed by atoms with Crippen molar-refractivity contribution in [2.75, 3.05) is 7.11 Å². The van der Waals surface area contributed by atoms with Gasteiger partial charge in [0.15, 0.2) is 5.78 Å². The van der Waals surface area contributed by atoms with Crippen molar-refractivity contribution in [3.63, 3.8) is 0 Å². The van der Waals surface area contributed by atoms with Crippen LogP contribution in [0.4, 0.5) is 4.79 Å². The second kappa shape index (κ2) is 11.9. The largest absolute Gasteiger partial charge is 0.481 e. The maximum Gasteiger partial charge on any atom is 0.459 e.